The molecule has 2 rings (SSSR count). The highest BCUT2D eigenvalue weighted by Gasteiger charge is 2.12. The first-order chi connectivity index (χ1) is 8.66. The van der Waals surface area contributed by atoms with Crippen LogP contribution >= 0.6 is 15.9 Å². The number of nitrogens with two attached hydrogens (primary N) is 1. The molecule has 1 heterocycles. The molecule has 1 aromatic heterocycles. The van der Waals surface area contributed by atoms with Crippen molar-refractivity contribution in [1.29, 1.82) is 0 Å². The lowest BCUT2D eigenvalue weighted by molar-refractivity contribution is 0.0990. The van der Waals surface area contributed by atoms with Gasteiger partial charge in [-0.3, -0.25) is 4.79 Å². The van der Waals surface area contributed by atoms with Crippen molar-refractivity contribution in [3.8, 4) is 5.75 Å². The number of primary amides is 1. The Labute approximate surface area is 113 Å². The third-order valence-electron chi connectivity index (χ3n) is 2.29. The second kappa shape index (κ2) is 5.64. The molecule has 5 heteroatoms. The fourth-order valence-electron chi connectivity index (χ4n) is 1.45. The van der Waals surface area contributed by atoms with Crippen molar-refractivity contribution < 1.29 is 9.53 Å². The van der Waals surface area contributed by atoms with Crippen LogP contribution in [0.4, 0.5) is 0 Å². The van der Waals surface area contributed by atoms with Crippen LogP contribution in [0.1, 0.15) is 16.1 Å². The fraction of sp³-hybridized carbons (Fsp3) is 0.0769. The highest BCUT2D eigenvalue weighted by Crippen LogP contribution is 2.20. The van der Waals surface area contributed by atoms with Gasteiger partial charge in [-0.1, -0.05) is 30.3 Å². The van der Waals surface area contributed by atoms with Gasteiger partial charge in [0.05, 0.1) is 0 Å². The standard InChI is InChI=1S/C13H11BrN2O2/c14-11-7-6-10(12(16-11)13(15)17)18-8-9-4-2-1-3-5-9/h1-7H,8H2,(H2,15,17). The number of ether oxygens (including phenoxy) is 1. The van der Waals surface area contributed by atoms with E-state index in [9.17, 15) is 4.79 Å². The summed E-state index contributed by atoms with van der Waals surface area (Å²) in [5.41, 5.74) is 6.39. The van der Waals surface area contributed by atoms with Crippen LogP contribution in [-0.2, 0) is 6.61 Å². The van der Waals surface area contributed by atoms with Crippen LogP contribution in [-0.4, -0.2) is 10.9 Å². The number of hydrogen-bond donors (Lipinski definition) is 1. The maximum Gasteiger partial charge on any atom is 0.271 e. The van der Waals surface area contributed by atoms with Crippen molar-refractivity contribution in [2.24, 2.45) is 5.73 Å². The number of hydrogen-bond acceptors (Lipinski definition) is 3. The maximum atomic E-state index is 11.2. The summed E-state index contributed by atoms with van der Waals surface area (Å²) in [6.45, 7) is 0.366. The van der Waals surface area contributed by atoms with E-state index in [0.29, 0.717) is 17.0 Å². The quantitative estimate of drug-likeness (QED) is 0.883. The van der Waals surface area contributed by atoms with Crippen molar-refractivity contribution in [2.45, 2.75) is 6.61 Å². The zero-order valence-electron chi connectivity index (χ0n) is 9.47. The molecular weight excluding hydrogens is 296 g/mol. The SMILES string of the molecule is NC(=O)c1nc(Br)ccc1OCc1ccccc1. The van der Waals surface area contributed by atoms with Crippen LogP contribution in [0.15, 0.2) is 47.1 Å². The van der Waals surface area contributed by atoms with E-state index < -0.39 is 5.91 Å². The molecule has 0 unspecified atom stereocenters. The third kappa shape index (κ3) is 3.07. The molecule has 2 N–H and O–H groups in total. The van der Waals surface area contributed by atoms with Gasteiger partial charge in [0.15, 0.2) is 11.4 Å². The zero-order chi connectivity index (χ0) is 13.0. The minimum Gasteiger partial charge on any atom is -0.486 e. The van der Waals surface area contributed by atoms with Crippen molar-refractivity contribution in [3.63, 3.8) is 0 Å². The molecule has 0 aliphatic carbocycles. The monoisotopic (exact) mass is 306 g/mol. The fourth-order valence-corrected chi connectivity index (χ4v) is 1.76. The molecule has 1 amide bonds. The van der Waals surface area contributed by atoms with Crippen LogP contribution < -0.4 is 10.5 Å². The van der Waals surface area contributed by atoms with Gasteiger partial charge in [0, 0.05) is 0 Å². The first kappa shape index (κ1) is 12.6. The minimum absolute atomic E-state index is 0.125. The van der Waals surface area contributed by atoms with Crippen LogP contribution in [0.5, 0.6) is 5.75 Å². The highest BCUT2D eigenvalue weighted by molar-refractivity contribution is 9.10. The van der Waals surface area contributed by atoms with E-state index in [4.69, 9.17) is 10.5 Å². The van der Waals surface area contributed by atoms with E-state index in [0.717, 1.165) is 5.56 Å². The van der Waals surface area contributed by atoms with E-state index in [-0.39, 0.29) is 5.69 Å². The summed E-state index contributed by atoms with van der Waals surface area (Å²) < 4.78 is 6.10. The van der Waals surface area contributed by atoms with Gasteiger partial charge in [-0.25, -0.2) is 4.98 Å². The van der Waals surface area contributed by atoms with Crippen LogP contribution in [0.3, 0.4) is 0 Å². The Bertz CT molecular complexity index is 558. The highest BCUT2D eigenvalue weighted by atomic mass is 79.9. The van der Waals surface area contributed by atoms with E-state index in [2.05, 4.69) is 20.9 Å². The number of pyridine rings is 1. The number of amides is 1. The van der Waals surface area contributed by atoms with Gasteiger partial charge in [0.2, 0.25) is 0 Å². The maximum absolute atomic E-state index is 11.2. The second-order valence-corrected chi connectivity index (χ2v) is 4.43. The van der Waals surface area contributed by atoms with Crippen molar-refractivity contribution in [3.05, 3.63) is 58.3 Å². The van der Waals surface area contributed by atoms with Gasteiger partial charge < -0.3 is 10.5 Å². The van der Waals surface area contributed by atoms with E-state index >= 15 is 0 Å². The van der Waals surface area contributed by atoms with Gasteiger partial charge in [-0.2, -0.15) is 0 Å². The Balaban J connectivity index is 2.17. The lowest BCUT2D eigenvalue weighted by atomic mass is 10.2. The molecule has 0 spiro atoms. The summed E-state index contributed by atoms with van der Waals surface area (Å²) in [7, 11) is 0. The lowest BCUT2D eigenvalue weighted by Crippen LogP contribution is -2.15. The molecule has 92 valence electrons. The number of nitrogens with zero attached hydrogens (tertiary/aromatic N) is 1. The molecule has 0 aliphatic heterocycles. The molecule has 18 heavy (non-hydrogen) atoms. The van der Waals surface area contributed by atoms with E-state index in [1.165, 1.54) is 0 Å². The van der Waals surface area contributed by atoms with Crippen molar-refractivity contribution in [2.75, 3.05) is 0 Å². The molecule has 1 aromatic carbocycles. The Morgan fingerprint density at radius 1 is 1.22 bits per heavy atom. The average molecular weight is 307 g/mol. The lowest BCUT2D eigenvalue weighted by Gasteiger charge is -2.09. The number of rotatable bonds is 4. The van der Waals surface area contributed by atoms with Crippen molar-refractivity contribution >= 4 is 21.8 Å². The average Bonchev–Trinajstić information content (AvgIpc) is 2.38. The number of carbonyl (C=O) groups excluding carboxylic acids is 1. The van der Waals surface area contributed by atoms with Crippen molar-refractivity contribution in [1.82, 2.24) is 4.98 Å². The normalized spacial score (nSPS) is 10.1. The topological polar surface area (TPSA) is 65.2 Å². The third-order valence-corrected chi connectivity index (χ3v) is 2.74. The molecule has 0 aliphatic rings. The second-order valence-electron chi connectivity index (χ2n) is 3.62. The molecular formula is C13H11BrN2O2. The molecule has 0 atom stereocenters. The summed E-state index contributed by atoms with van der Waals surface area (Å²) in [5, 5.41) is 0. The van der Waals surface area contributed by atoms with E-state index in [1.54, 1.807) is 12.1 Å². The smallest absolute Gasteiger partial charge is 0.271 e. The Kier molecular flexibility index (Phi) is 3.94. The summed E-state index contributed by atoms with van der Waals surface area (Å²) in [6, 6.07) is 13.0. The Hall–Kier alpha value is -1.88. The van der Waals surface area contributed by atoms with Gasteiger partial charge in [-0.15, -0.1) is 0 Å². The molecule has 0 radical (unpaired) electrons. The number of benzene rings is 1. The molecule has 4 nitrogen and oxygen atoms in total. The summed E-state index contributed by atoms with van der Waals surface area (Å²) in [6.07, 6.45) is 0. The van der Waals surface area contributed by atoms with Crippen LogP contribution in [0, 0.1) is 0 Å². The predicted molar refractivity (Wildman–Crippen MR) is 71.2 cm³/mol. The molecule has 0 fully saturated rings. The van der Waals surface area contributed by atoms with Gasteiger partial charge in [0.1, 0.15) is 11.2 Å². The van der Waals surface area contributed by atoms with Gasteiger partial charge >= 0.3 is 0 Å². The summed E-state index contributed by atoms with van der Waals surface area (Å²) >= 11 is 3.19. The largest absolute Gasteiger partial charge is 0.486 e. The first-order valence-electron chi connectivity index (χ1n) is 5.30. The Morgan fingerprint density at radius 3 is 2.61 bits per heavy atom. The summed E-state index contributed by atoms with van der Waals surface area (Å²) in [5.74, 6) is -0.228. The number of halogens is 1. The molecule has 0 bridgehead atoms. The number of aromatic nitrogens is 1. The first-order valence-corrected chi connectivity index (χ1v) is 6.09. The van der Waals surface area contributed by atoms with Crippen LogP contribution in [0.25, 0.3) is 0 Å². The predicted octanol–water partition coefficient (Wildman–Crippen LogP) is 2.52. The van der Waals surface area contributed by atoms with E-state index in [1.807, 2.05) is 30.3 Å². The minimum atomic E-state index is -0.612. The molecule has 2 aromatic rings. The van der Waals surface area contributed by atoms with Gasteiger partial charge in [-0.05, 0) is 33.6 Å². The zero-order valence-corrected chi connectivity index (χ0v) is 11.1. The molecule has 0 saturated heterocycles. The summed E-state index contributed by atoms with van der Waals surface area (Å²) in [4.78, 5) is 15.2. The molecule has 0 saturated carbocycles. The van der Waals surface area contributed by atoms with Crippen LogP contribution in [0.2, 0.25) is 0 Å². The van der Waals surface area contributed by atoms with Gasteiger partial charge in [0.25, 0.3) is 5.91 Å². The number of carbonyl (C=O) groups is 1. The Morgan fingerprint density at radius 2 is 1.94 bits per heavy atom.